The smallest absolute Gasteiger partial charge is 0.338 e. The summed E-state index contributed by atoms with van der Waals surface area (Å²) in [6.45, 7) is 2.39. The van der Waals surface area contributed by atoms with E-state index in [1.54, 1.807) is 24.3 Å². The lowest BCUT2D eigenvalue weighted by Gasteiger charge is -2.11. The zero-order chi connectivity index (χ0) is 20.9. The highest BCUT2D eigenvalue weighted by Gasteiger charge is 2.21. The van der Waals surface area contributed by atoms with Gasteiger partial charge in [0.15, 0.2) is 12.4 Å². The van der Waals surface area contributed by atoms with Crippen molar-refractivity contribution in [3.05, 3.63) is 65.2 Å². The molecule has 3 rings (SSSR count). The monoisotopic (exact) mass is 417 g/mol. The average Bonchev–Trinajstić information content (AvgIpc) is 3.25. The average molecular weight is 417 g/mol. The van der Waals surface area contributed by atoms with Gasteiger partial charge in [-0.25, -0.2) is 17.9 Å². The van der Waals surface area contributed by atoms with Crippen molar-refractivity contribution < 1.29 is 27.5 Å². The van der Waals surface area contributed by atoms with Crippen LogP contribution in [0, 0.1) is 6.92 Å². The minimum absolute atomic E-state index is 0.0442. The first kappa shape index (κ1) is 21.2. The molecule has 0 spiro atoms. The number of hydrogen-bond acceptors (Lipinski definition) is 6. The molecule has 0 amide bonds. The van der Waals surface area contributed by atoms with Crippen LogP contribution >= 0.6 is 0 Å². The van der Waals surface area contributed by atoms with E-state index in [4.69, 9.17) is 9.47 Å². The maximum Gasteiger partial charge on any atom is 0.338 e. The van der Waals surface area contributed by atoms with E-state index in [0.29, 0.717) is 12.2 Å². The summed E-state index contributed by atoms with van der Waals surface area (Å²) in [4.78, 5) is 24.3. The van der Waals surface area contributed by atoms with Gasteiger partial charge in [0.25, 0.3) is 0 Å². The normalized spacial score (nSPS) is 16.5. The van der Waals surface area contributed by atoms with Crippen molar-refractivity contribution in [1.29, 1.82) is 0 Å². The zero-order valence-electron chi connectivity index (χ0n) is 16.1. The van der Waals surface area contributed by atoms with Gasteiger partial charge in [0, 0.05) is 18.7 Å². The standard InChI is InChI=1S/C21H23NO6S/c1-15-4-6-16(7-5-15)20(23)14-28-21(24)17-8-10-19(11-9-17)29(25,26)22-13-18-3-2-12-27-18/h4-11,18,22H,2-3,12-14H2,1H3. The number of carbonyl (C=O) groups is 2. The molecule has 1 aliphatic rings. The minimum atomic E-state index is -3.69. The number of rotatable bonds is 8. The number of nitrogens with one attached hydrogen (secondary N) is 1. The molecule has 29 heavy (non-hydrogen) atoms. The molecule has 2 aromatic carbocycles. The Bertz CT molecular complexity index is 961. The van der Waals surface area contributed by atoms with Gasteiger partial charge in [0.1, 0.15) is 0 Å². The van der Waals surface area contributed by atoms with Gasteiger partial charge in [-0.3, -0.25) is 4.79 Å². The summed E-state index contributed by atoms with van der Waals surface area (Å²) in [6.07, 6.45) is 1.65. The van der Waals surface area contributed by atoms with Crippen molar-refractivity contribution in [2.24, 2.45) is 0 Å². The lowest BCUT2D eigenvalue weighted by atomic mass is 10.1. The van der Waals surface area contributed by atoms with Gasteiger partial charge >= 0.3 is 5.97 Å². The van der Waals surface area contributed by atoms with Crippen molar-refractivity contribution in [2.75, 3.05) is 19.8 Å². The molecule has 0 aromatic heterocycles. The van der Waals surface area contributed by atoms with Crippen LogP contribution in [0.3, 0.4) is 0 Å². The number of ketones is 1. The van der Waals surface area contributed by atoms with Gasteiger partial charge in [-0.15, -0.1) is 0 Å². The van der Waals surface area contributed by atoms with Crippen LogP contribution in [-0.2, 0) is 19.5 Å². The van der Waals surface area contributed by atoms with E-state index in [1.807, 2.05) is 6.92 Å². The second kappa shape index (κ2) is 9.30. The number of esters is 1. The van der Waals surface area contributed by atoms with E-state index >= 15 is 0 Å². The third kappa shape index (κ3) is 5.72. The van der Waals surface area contributed by atoms with Gasteiger partial charge in [0.2, 0.25) is 10.0 Å². The molecule has 1 N–H and O–H groups in total. The Morgan fingerprint density at radius 2 is 1.72 bits per heavy atom. The number of Topliss-reactive ketones (excluding diaryl/α,β-unsaturated/α-hetero) is 1. The van der Waals surface area contributed by atoms with Crippen LogP contribution in [-0.4, -0.2) is 46.0 Å². The van der Waals surface area contributed by atoms with Crippen LogP contribution in [0.15, 0.2) is 53.4 Å². The third-order valence-corrected chi connectivity index (χ3v) is 6.07. The summed E-state index contributed by atoms with van der Waals surface area (Å²) in [5.41, 5.74) is 1.65. The fraction of sp³-hybridized carbons (Fsp3) is 0.333. The molecule has 1 aliphatic heterocycles. The fourth-order valence-corrected chi connectivity index (χ4v) is 3.97. The number of ether oxygens (including phenoxy) is 2. The van der Waals surface area contributed by atoms with E-state index in [2.05, 4.69) is 4.72 Å². The van der Waals surface area contributed by atoms with Crippen LogP contribution in [0.25, 0.3) is 0 Å². The molecular weight excluding hydrogens is 394 g/mol. The molecule has 1 atom stereocenters. The molecular formula is C21H23NO6S. The number of hydrogen-bond donors (Lipinski definition) is 1. The Kier molecular flexibility index (Phi) is 6.79. The Labute approximate surface area is 170 Å². The first-order valence-corrected chi connectivity index (χ1v) is 10.8. The van der Waals surface area contributed by atoms with E-state index in [0.717, 1.165) is 18.4 Å². The molecule has 0 aliphatic carbocycles. The number of benzene rings is 2. The summed E-state index contributed by atoms with van der Waals surface area (Å²) in [5.74, 6) is -1.00. The predicted octanol–water partition coefficient (Wildman–Crippen LogP) is 2.49. The van der Waals surface area contributed by atoms with Crippen molar-refractivity contribution in [3.8, 4) is 0 Å². The number of sulfonamides is 1. The minimum Gasteiger partial charge on any atom is -0.454 e. The first-order valence-electron chi connectivity index (χ1n) is 9.33. The topological polar surface area (TPSA) is 98.8 Å². The van der Waals surface area contributed by atoms with Gasteiger partial charge in [-0.2, -0.15) is 0 Å². The summed E-state index contributed by atoms with van der Waals surface area (Å²) < 4.78 is 37.6. The summed E-state index contributed by atoms with van der Waals surface area (Å²) >= 11 is 0. The second-order valence-corrected chi connectivity index (χ2v) is 8.64. The van der Waals surface area contributed by atoms with Crippen LogP contribution in [0.4, 0.5) is 0 Å². The lowest BCUT2D eigenvalue weighted by Crippen LogP contribution is -2.31. The molecule has 154 valence electrons. The molecule has 1 heterocycles. The molecule has 1 saturated heterocycles. The van der Waals surface area contributed by atoms with Crippen LogP contribution in [0.2, 0.25) is 0 Å². The first-order chi connectivity index (χ1) is 13.8. The van der Waals surface area contributed by atoms with Crippen LogP contribution < -0.4 is 4.72 Å². The van der Waals surface area contributed by atoms with Crippen molar-refractivity contribution in [1.82, 2.24) is 4.72 Å². The largest absolute Gasteiger partial charge is 0.454 e. The maximum atomic E-state index is 12.3. The lowest BCUT2D eigenvalue weighted by molar-refractivity contribution is 0.0474. The fourth-order valence-electron chi connectivity index (χ4n) is 2.90. The Balaban J connectivity index is 1.55. The highest BCUT2D eigenvalue weighted by atomic mass is 32.2. The Morgan fingerprint density at radius 1 is 1.07 bits per heavy atom. The van der Waals surface area contributed by atoms with Crippen molar-refractivity contribution in [3.63, 3.8) is 0 Å². The number of aryl methyl sites for hydroxylation is 1. The number of carbonyl (C=O) groups excluding carboxylic acids is 2. The Hall–Kier alpha value is -2.55. The molecule has 2 aromatic rings. The van der Waals surface area contributed by atoms with E-state index in [1.165, 1.54) is 24.3 Å². The van der Waals surface area contributed by atoms with Crippen molar-refractivity contribution >= 4 is 21.8 Å². The highest BCUT2D eigenvalue weighted by Crippen LogP contribution is 2.14. The maximum absolute atomic E-state index is 12.3. The quantitative estimate of drug-likeness (QED) is 0.523. The third-order valence-electron chi connectivity index (χ3n) is 4.63. The van der Waals surface area contributed by atoms with Gasteiger partial charge in [-0.1, -0.05) is 29.8 Å². The predicted molar refractivity (Wildman–Crippen MR) is 106 cm³/mol. The van der Waals surface area contributed by atoms with E-state index in [9.17, 15) is 18.0 Å². The van der Waals surface area contributed by atoms with Crippen molar-refractivity contribution in [2.45, 2.75) is 30.8 Å². The SMILES string of the molecule is Cc1ccc(C(=O)COC(=O)c2ccc(S(=O)(=O)NCC3CCCO3)cc2)cc1. The molecule has 0 bridgehead atoms. The van der Waals surface area contributed by atoms with E-state index < -0.39 is 16.0 Å². The summed E-state index contributed by atoms with van der Waals surface area (Å²) in [6, 6.07) is 12.3. The Morgan fingerprint density at radius 3 is 2.34 bits per heavy atom. The molecule has 1 unspecified atom stereocenters. The van der Waals surface area contributed by atoms with Crippen LogP contribution in [0.1, 0.15) is 39.1 Å². The van der Waals surface area contributed by atoms with Gasteiger partial charge in [-0.05, 0) is 44.0 Å². The van der Waals surface area contributed by atoms with Gasteiger partial charge in [0.05, 0.1) is 16.6 Å². The summed E-state index contributed by atoms with van der Waals surface area (Å²) in [5, 5.41) is 0. The molecule has 8 heteroatoms. The molecule has 0 radical (unpaired) electrons. The molecule has 0 saturated carbocycles. The highest BCUT2D eigenvalue weighted by molar-refractivity contribution is 7.89. The molecule has 1 fully saturated rings. The van der Waals surface area contributed by atoms with Crippen LogP contribution in [0.5, 0.6) is 0 Å². The van der Waals surface area contributed by atoms with E-state index in [-0.39, 0.29) is 35.5 Å². The second-order valence-electron chi connectivity index (χ2n) is 6.88. The molecule has 7 nitrogen and oxygen atoms in total. The summed E-state index contributed by atoms with van der Waals surface area (Å²) in [7, 11) is -3.69. The van der Waals surface area contributed by atoms with Gasteiger partial charge < -0.3 is 9.47 Å². The zero-order valence-corrected chi connectivity index (χ0v) is 16.9.